The zero-order chi connectivity index (χ0) is 15.4. The highest BCUT2D eigenvalue weighted by molar-refractivity contribution is 6.33. The molecule has 0 bridgehead atoms. The molecule has 0 aliphatic heterocycles. The van der Waals surface area contributed by atoms with Crippen LogP contribution in [0.25, 0.3) is 0 Å². The molecule has 2 aromatic carbocycles. The lowest BCUT2D eigenvalue weighted by Crippen LogP contribution is -2.27. The number of rotatable bonds is 4. The third-order valence-corrected chi connectivity index (χ3v) is 3.45. The van der Waals surface area contributed by atoms with Crippen molar-refractivity contribution >= 4 is 17.5 Å². The summed E-state index contributed by atoms with van der Waals surface area (Å²) in [6.07, 6.45) is 0. The van der Waals surface area contributed by atoms with Crippen molar-refractivity contribution in [1.82, 2.24) is 5.32 Å². The van der Waals surface area contributed by atoms with E-state index in [0.29, 0.717) is 5.75 Å². The molecule has 0 aliphatic rings. The number of benzene rings is 2. The largest absolute Gasteiger partial charge is 0.497 e. The molecule has 0 saturated heterocycles. The predicted octanol–water partition coefficient (Wildman–Crippen LogP) is 3.98. The first kappa shape index (κ1) is 15.3. The summed E-state index contributed by atoms with van der Waals surface area (Å²) in [4.78, 5) is 12.2. The fraction of sp³-hybridized carbons (Fsp3) is 0.188. The lowest BCUT2D eigenvalue weighted by atomic mass is 10.1. The van der Waals surface area contributed by atoms with Crippen molar-refractivity contribution in [3.8, 4) is 5.75 Å². The number of ether oxygens (including phenoxy) is 1. The predicted molar refractivity (Wildman–Crippen MR) is 80.3 cm³/mol. The topological polar surface area (TPSA) is 38.3 Å². The van der Waals surface area contributed by atoms with Crippen molar-refractivity contribution in [2.24, 2.45) is 0 Å². The fourth-order valence-corrected chi connectivity index (χ4v) is 2.23. The van der Waals surface area contributed by atoms with E-state index in [9.17, 15) is 9.18 Å². The van der Waals surface area contributed by atoms with Crippen molar-refractivity contribution in [3.63, 3.8) is 0 Å². The summed E-state index contributed by atoms with van der Waals surface area (Å²) in [5.74, 6) is -0.496. The first-order valence-corrected chi connectivity index (χ1v) is 6.79. The average molecular weight is 308 g/mol. The number of hydrogen-bond donors (Lipinski definition) is 1. The van der Waals surface area contributed by atoms with Gasteiger partial charge in [-0.2, -0.15) is 0 Å². The van der Waals surface area contributed by atoms with Crippen LogP contribution in [-0.4, -0.2) is 13.0 Å². The van der Waals surface area contributed by atoms with Gasteiger partial charge in [0.05, 0.1) is 23.7 Å². The molecule has 1 amide bonds. The summed E-state index contributed by atoms with van der Waals surface area (Å²) in [6.45, 7) is 1.81. The van der Waals surface area contributed by atoms with Crippen LogP contribution in [0.5, 0.6) is 5.75 Å². The van der Waals surface area contributed by atoms with Gasteiger partial charge in [-0.25, -0.2) is 4.39 Å². The van der Waals surface area contributed by atoms with Crippen LogP contribution in [0.3, 0.4) is 0 Å². The Morgan fingerprint density at radius 1 is 1.29 bits per heavy atom. The Bertz CT molecular complexity index is 640. The number of nitrogens with one attached hydrogen (secondary N) is 1. The number of carbonyl (C=O) groups excluding carboxylic acids is 1. The van der Waals surface area contributed by atoms with Gasteiger partial charge in [-0.3, -0.25) is 4.79 Å². The molecule has 2 rings (SSSR count). The van der Waals surface area contributed by atoms with Gasteiger partial charge in [0.15, 0.2) is 0 Å². The molecule has 0 radical (unpaired) electrons. The Labute approximate surface area is 127 Å². The van der Waals surface area contributed by atoms with Gasteiger partial charge in [0.1, 0.15) is 11.6 Å². The molecule has 3 nitrogen and oxygen atoms in total. The Kier molecular flexibility index (Phi) is 4.81. The molecule has 0 fully saturated rings. The van der Waals surface area contributed by atoms with Crippen molar-refractivity contribution in [1.29, 1.82) is 0 Å². The molecule has 0 aliphatic carbocycles. The Morgan fingerprint density at radius 2 is 2.00 bits per heavy atom. The SMILES string of the molecule is COc1cccc([C@H](C)NC(=O)c2c(F)cccc2Cl)c1. The van der Waals surface area contributed by atoms with Gasteiger partial charge in [0.2, 0.25) is 0 Å². The van der Waals surface area contributed by atoms with Crippen LogP contribution in [0.4, 0.5) is 4.39 Å². The number of halogens is 2. The monoisotopic (exact) mass is 307 g/mol. The molecule has 21 heavy (non-hydrogen) atoms. The summed E-state index contributed by atoms with van der Waals surface area (Å²) < 4.78 is 18.8. The van der Waals surface area contributed by atoms with Crippen LogP contribution in [-0.2, 0) is 0 Å². The second-order valence-corrected chi connectivity index (χ2v) is 4.98. The van der Waals surface area contributed by atoms with E-state index in [2.05, 4.69) is 5.32 Å². The third kappa shape index (κ3) is 3.52. The van der Waals surface area contributed by atoms with Gasteiger partial charge >= 0.3 is 0 Å². The number of carbonyl (C=O) groups is 1. The molecular weight excluding hydrogens is 293 g/mol. The van der Waals surface area contributed by atoms with Crippen molar-refractivity contribution < 1.29 is 13.9 Å². The molecular formula is C16H15ClFNO2. The normalized spacial score (nSPS) is 11.8. The smallest absolute Gasteiger partial charge is 0.256 e. The molecule has 2 aromatic rings. The van der Waals surface area contributed by atoms with Gasteiger partial charge < -0.3 is 10.1 Å². The molecule has 5 heteroatoms. The van der Waals surface area contributed by atoms with Crippen LogP contribution in [0.1, 0.15) is 28.9 Å². The van der Waals surface area contributed by atoms with Gasteiger partial charge in [-0.1, -0.05) is 29.8 Å². The van der Waals surface area contributed by atoms with E-state index in [0.717, 1.165) is 5.56 Å². The molecule has 0 unspecified atom stereocenters. The quantitative estimate of drug-likeness (QED) is 0.928. The maximum atomic E-state index is 13.7. The molecule has 110 valence electrons. The highest BCUT2D eigenvalue weighted by Gasteiger charge is 2.18. The van der Waals surface area contributed by atoms with E-state index >= 15 is 0 Å². The summed E-state index contributed by atoms with van der Waals surface area (Å²) >= 11 is 5.88. The first-order valence-electron chi connectivity index (χ1n) is 6.41. The van der Waals surface area contributed by atoms with Crippen molar-refractivity contribution in [3.05, 3.63) is 64.4 Å². The van der Waals surface area contributed by atoms with Gasteiger partial charge in [-0.05, 0) is 36.8 Å². The van der Waals surface area contributed by atoms with Gasteiger partial charge in [0, 0.05) is 0 Å². The second-order valence-electron chi connectivity index (χ2n) is 4.57. The van der Waals surface area contributed by atoms with Gasteiger partial charge in [0.25, 0.3) is 5.91 Å². The molecule has 1 N–H and O–H groups in total. The van der Waals surface area contributed by atoms with E-state index in [4.69, 9.17) is 16.3 Å². The third-order valence-electron chi connectivity index (χ3n) is 3.13. The fourth-order valence-electron chi connectivity index (χ4n) is 1.98. The molecule has 1 atom stereocenters. The van der Waals surface area contributed by atoms with E-state index < -0.39 is 11.7 Å². The van der Waals surface area contributed by atoms with Gasteiger partial charge in [-0.15, -0.1) is 0 Å². The minimum Gasteiger partial charge on any atom is -0.497 e. The molecule has 0 heterocycles. The summed E-state index contributed by atoms with van der Waals surface area (Å²) in [5, 5.41) is 2.81. The Balaban J connectivity index is 2.19. The van der Waals surface area contributed by atoms with Crippen molar-refractivity contribution in [2.75, 3.05) is 7.11 Å². The Hall–Kier alpha value is -2.07. The lowest BCUT2D eigenvalue weighted by Gasteiger charge is -2.16. The van der Waals surface area contributed by atoms with E-state index in [-0.39, 0.29) is 16.6 Å². The zero-order valence-corrected chi connectivity index (χ0v) is 12.4. The first-order chi connectivity index (χ1) is 10.0. The highest BCUT2D eigenvalue weighted by Crippen LogP contribution is 2.22. The van der Waals surface area contributed by atoms with Crippen LogP contribution in [0.15, 0.2) is 42.5 Å². The zero-order valence-electron chi connectivity index (χ0n) is 11.7. The summed E-state index contributed by atoms with van der Waals surface area (Å²) in [6, 6.07) is 11.2. The van der Waals surface area contributed by atoms with Crippen molar-refractivity contribution in [2.45, 2.75) is 13.0 Å². The highest BCUT2D eigenvalue weighted by atomic mass is 35.5. The number of amides is 1. The second kappa shape index (κ2) is 6.59. The Morgan fingerprint density at radius 3 is 2.67 bits per heavy atom. The lowest BCUT2D eigenvalue weighted by molar-refractivity contribution is 0.0936. The summed E-state index contributed by atoms with van der Waals surface area (Å²) in [7, 11) is 1.57. The average Bonchev–Trinajstić information content (AvgIpc) is 2.47. The minimum absolute atomic E-state index is 0.0883. The van der Waals surface area contributed by atoms with Crippen LogP contribution >= 0.6 is 11.6 Å². The maximum Gasteiger partial charge on any atom is 0.256 e. The van der Waals surface area contributed by atoms with E-state index in [1.54, 1.807) is 14.0 Å². The van der Waals surface area contributed by atoms with Crippen LogP contribution in [0, 0.1) is 5.82 Å². The van der Waals surface area contributed by atoms with Crippen LogP contribution in [0.2, 0.25) is 5.02 Å². The van der Waals surface area contributed by atoms with Crippen LogP contribution < -0.4 is 10.1 Å². The number of hydrogen-bond acceptors (Lipinski definition) is 2. The molecule has 0 aromatic heterocycles. The minimum atomic E-state index is -0.641. The standard InChI is InChI=1S/C16H15ClFNO2/c1-10(11-5-3-6-12(9-11)21-2)19-16(20)15-13(17)7-4-8-14(15)18/h3-10H,1-2H3,(H,19,20)/t10-/m0/s1. The number of methoxy groups -OCH3 is 1. The van der Waals surface area contributed by atoms with E-state index in [1.807, 2.05) is 24.3 Å². The molecule has 0 spiro atoms. The summed E-state index contributed by atoms with van der Waals surface area (Å²) in [5.41, 5.74) is 0.712. The molecule has 0 saturated carbocycles. The van der Waals surface area contributed by atoms with E-state index in [1.165, 1.54) is 18.2 Å². The maximum absolute atomic E-state index is 13.7.